The maximum Gasteiger partial charge on any atom is 0.237 e. The molecule has 5 heteroatoms. The number of carbonyl (C=O) groups is 1. The van der Waals surface area contributed by atoms with Gasteiger partial charge in [-0.1, -0.05) is 0 Å². The summed E-state index contributed by atoms with van der Waals surface area (Å²) in [4.78, 5) is 13.9. The number of methoxy groups -OCH3 is 1. The van der Waals surface area contributed by atoms with Crippen LogP contribution in [0.3, 0.4) is 0 Å². The Morgan fingerprint density at radius 1 is 1.61 bits per heavy atom. The van der Waals surface area contributed by atoms with E-state index in [9.17, 15) is 4.79 Å². The number of carbonyl (C=O) groups excluding carboxylic acids is 1. The lowest BCUT2D eigenvalue weighted by atomic mass is 9.92. The zero-order chi connectivity index (χ0) is 13.8. The third kappa shape index (κ3) is 4.55. The number of nitrogens with two attached hydrogens (primary N) is 1. The third-order valence-corrected chi connectivity index (χ3v) is 3.75. The summed E-state index contributed by atoms with van der Waals surface area (Å²) in [7, 11) is 3.74. The fraction of sp³-hybridized carbons (Fsp3) is 0.923. The van der Waals surface area contributed by atoms with Crippen LogP contribution in [0, 0.1) is 0 Å². The molecule has 0 aromatic rings. The lowest BCUT2D eigenvalue weighted by Crippen LogP contribution is -2.57. The molecule has 0 heterocycles. The second kappa shape index (κ2) is 6.50. The standard InChI is InChI=1S/C13H27N3O2/c1-10(16(3)7-8-18-4)9-13(2,12(14)17)15-11-5-6-11/h10-11,15H,5-9H2,1-4H3,(H2,14,17). The van der Waals surface area contributed by atoms with Crippen LogP contribution in [0.1, 0.15) is 33.1 Å². The van der Waals surface area contributed by atoms with Crippen LogP contribution in [0.25, 0.3) is 0 Å². The van der Waals surface area contributed by atoms with Gasteiger partial charge < -0.3 is 20.7 Å². The first kappa shape index (κ1) is 15.4. The summed E-state index contributed by atoms with van der Waals surface area (Å²) < 4.78 is 5.07. The van der Waals surface area contributed by atoms with Crippen LogP contribution in [0.4, 0.5) is 0 Å². The largest absolute Gasteiger partial charge is 0.383 e. The monoisotopic (exact) mass is 257 g/mol. The molecule has 2 atom stereocenters. The molecule has 1 amide bonds. The van der Waals surface area contributed by atoms with Crippen molar-refractivity contribution in [1.82, 2.24) is 10.2 Å². The molecule has 0 aromatic carbocycles. The van der Waals surface area contributed by atoms with Crippen molar-refractivity contribution in [1.29, 1.82) is 0 Å². The second-order valence-corrected chi connectivity index (χ2v) is 5.64. The summed E-state index contributed by atoms with van der Waals surface area (Å²) in [5, 5.41) is 3.38. The molecule has 2 unspecified atom stereocenters. The topological polar surface area (TPSA) is 67.6 Å². The Balaban J connectivity index is 2.50. The molecule has 5 nitrogen and oxygen atoms in total. The molecule has 0 spiro atoms. The van der Waals surface area contributed by atoms with Crippen molar-refractivity contribution in [2.24, 2.45) is 5.73 Å². The maximum atomic E-state index is 11.7. The van der Waals surface area contributed by atoms with Crippen molar-refractivity contribution in [2.75, 3.05) is 27.3 Å². The van der Waals surface area contributed by atoms with Gasteiger partial charge in [-0.2, -0.15) is 0 Å². The van der Waals surface area contributed by atoms with Gasteiger partial charge >= 0.3 is 0 Å². The molecule has 0 saturated heterocycles. The van der Waals surface area contributed by atoms with Gasteiger partial charge in [-0.15, -0.1) is 0 Å². The predicted octanol–water partition coefficient (Wildman–Crippen LogP) is 0.339. The van der Waals surface area contributed by atoms with Gasteiger partial charge in [0.05, 0.1) is 12.1 Å². The molecule has 106 valence electrons. The van der Waals surface area contributed by atoms with Crippen molar-refractivity contribution in [2.45, 2.75) is 50.7 Å². The number of rotatable bonds is 9. The molecular formula is C13H27N3O2. The number of nitrogens with zero attached hydrogens (tertiary/aromatic N) is 1. The molecule has 0 bridgehead atoms. The molecule has 1 saturated carbocycles. The van der Waals surface area contributed by atoms with Gasteiger partial charge in [0, 0.05) is 25.7 Å². The Morgan fingerprint density at radius 2 is 2.22 bits per heavy atom. The number of nitrogens with one attached hydrogen (secondary N) is 1. The van der Waals surface area contributed by atoms with Gasteiger partial charge in [-0.3, -0.25) is 4.79 Å². The van der Waals surface area contributed by atoms with E-state index in [1.54, 1.807) is 7.11 Å². The Hall–Kier alpha value is -0.650. The van der Waals surface area contributed by atoms with Crippen molar-refractivity contribution < 1.29 is 9.53 Å². The number of primary amides is 1. The highest BCUT2D eigenvalue weighted by atomic mass is 16.5. The average molecular weight is 257 g/mol. The molecule has 3 N–H and O–H groups in total. The zero-order valence-electron chi connectivity index (χ0n) is 12.0. The van der Waals surface area contributed by atoms with Gasteiger partial charge in [0.1, 0.15) is 0 Å². The fourth-order valence-electron chi connectivity index (χ4n) is 2.11. The molecule has 1 rings (SSSR count). The maximum absolute atomic E-state index is 11.7. The molecule has 1 aliphatic carbocycles. The SMILES string of the molecule is COCCN(C)C(C)CC(C)(NC1CC1)C(N)=O. The quantitative estimate of drug-likeness (QED) is 0.625. The van der Waals surface area contributed by atoms with E-state index in [0.29, 0.717) is 12.6 Å². The molecule has 1 fully saturated rings. The van der Waals surface area contributed by atoms with Crippen molar-refractivity contribution in [3.05, 3.63) is 0 Å². The summed E-state index contributed by atoms with van der Waals surface area (Å²) in [6, 6.07) is 0.753. The first-order valence-corrected chi connectivity index (χ1v) is 6.66. The third-order valence-electron chi connectivity index (χ3n) is 3.75. The Kier molecular flexibility index (Phi) is 5.56. The highest BCUT2D eigenvalue weighted by Crippen LogP contribution is 2.25. The number of hydrogen-bond donors (Lipinski definition) is 2. The van der Waals surface area contributed by atoms with E-state index < -0.39 is 5.54 Å². The van der Waals surface area contributed by atoms with E-state index in [4.69, 9.17) is 10.5 Å². The molecular weight excluding hydrogens is 230 g/mol. The summed E-state index contributed by atoms with van der Waals surface area (Å²) >= 11 is 0. The van der Waals surface area contributed by atoms with Gasteiger partial charge in [0.25, 0.3) is 0 Å². The highest BCUT2D eigenvalue weighted by molar-refractivity contribution is 5.84. The van der Waals surface area contributed by atoms with E-state index >= 15 is 0 Å². The smallest absolute Gasteiger partial charge is 0.237 e. The predicted molar refractivity (Wildman–Crippen MR) is 72.3 cm³/mol. The first-order valence-electron chi connectivity index (χ1n) is 6.66. The minimum absolute atomic E-state index is 0.263. The zero-order valence-corrected chi connectivity index (χ0v) is 12.0. The van der Waals surface area contributed by atoms with Crippen LogP contribution < -0.4 is 11.1 Å². The summed E-state index contributed by atoms with van der Waals surface area (Å²) in [6.07, 6.45) is 3.02. The number of amides is 1. The molecule has 1 aliphatic rings. The van der Waals surface area contributed by atoms with Crippen LogP contribution in [0.5, 0.6) is 0 Å². The second-order valence-electron chi connectivity index (χ2n) is 5.64. The Bertz CT molecular complexity index is 281. The first-order chi connectivity index (χ1) is 8.39. The lowest BCUT2D eigenvalue weighted by Gasteiger charge is -2.34. The Morgan fingerprint density at radius 3 is 2.67 bits per heavy atom. The van der Waals surface area contributed by atoms with Crippen molar-refractivity contribution >= 4 is 5.91 Å². The summed E-state index contributed by atoms with van der Waals surface area (Å²) in [6.45, 7) is 5.58. The van der Waals surface area contributed by atoms with E-state index in [1.165, 1.54) is 0 Å². The van der Waals surface area contributed by atoms with E-state index in [0.717, 1.165) is 25.8 Å². The van der Waals surface area contributed by atoms with Gasteiger partial charge in [-0.25, -0.2) is 0 Å². The normalized spacial score (nSPS) is 20.7. The number of hydrogen-bond acceptors (Lipinski definition) is 4. The number of likely N-dealkylation sites (N-methyl/N-ethyl adjacent to an activating group) is 1. The Labute approximate surface area is 110 Å². The molecule has 0 aromatic heterocycles. The van der Waals surface area contributed by atoms with Crippen LogP contribution in [-0.2, 0) is 9.53 Å². The summed E-state index contributed by atoms with van der Waals surface area (Å²) in [5.74, 6) is -0.263. The minimum atomic E-state index is -0.609. The van der Waals surface area contributed by atoms with Gasteiger partial charge in [0.2, 0.25) is 5.91 Å². The fourth-order valence-corrected chi connectivity index (χ4v) is 2.11. The van der Waals surface area contributed by atoms with Crippen molar-refractivity contribution in [3.63, 3.8) is 0 Å². The summed E-state index contributed by atoms with van der Waals surface area (Å²) in [5.41, 5.74) is 4.94. The highest BCUT2D eigenvalue weighted by Gasteiger charge is 2.38. The van der Waals surface area contributed by atoms with Gasteiger partial charge in [0.15, 0.2) is 0 Å². The molecule has 0 aliphatic heterocycles. The molecule has 0 radical (unpaired) electrons. The van der Waals surface area contributed by atoms with Crippen molar-refractivity contribution in [3.8, 4) is 0 Å². The number of ether oxygens (including phenoxy) is 1. The van der Waals surface area contributed by atoms with E-state index in [1.807, 2.05) is 14.0 Å². The van der Waals surface area contributed by atoms with Crippen LogP contribution >= 0.6 is 0 Å². The lowest BCUT2D eigenvalue weighted by molar-refractivity contribution is -0.124. The molecule has 18 heavy (non-hydrogen) atoms. The van der Waals surface area contributed by atoms with E-state index in [-0.39, 0.29) is 11.9 Å². The van der Waals surface area contributed by atoms with Gasteiger partial charge in [-0.05, 0) is 40.2 Å². The average Bonchev–Trinajstić information content (AvgIpc) is 3.09. The van der Waals surface area contributed by atoms with Crippen LogP contribution in [-0.4, -0.2) is 55.7 Å². The van der Waals surface area contributed by atoms with E-state index in [2.05, 4.69) is 17.1 Å². The minimum Gasteiger partial charge on any atom is -0.383 e. The van der Waals surface area contributed by atoms with Crippen LogP contribution in [0.2, 0.25) is 0 Å². The van der Waals surface area contributed by atoms with Crippen LogP contribution in [0.15, 0.2) is 0 Å².